The summed E-state index contributed by atoms with van der Waals surface area (Å²) in [5.41, 5.74) is 1.69. The summed E-state index contributed by atoms with van der Waals surface area (Å²) >= 11 is 6.53. The number of para-hydroxylation sites is 1. The molecular weight excluding hydrogens is 334 g/mol. The first-order valence-corrected chi connectivity index (χ1v) is 9.42. The Morgan fingerprint density at radius 1 is 1.00 bits per heavy atom. The van der Waals surface area contributed by atoms with Crippen LogP contribution >= 0.6 is 11.6 Å². The molecule has 4 heteroatoms. The fourth-order valence-corrected chi connectivity index (χ4v) is 5.53. The molecule has 0 amide bonds. The number of rotatable bonds is 3. The van der Waals surface area contributed by atoms with E-state index in [0.717, 1.165) is 24.1 Å². The first kappa shape index (κ1) is 15.4. The maximum atomic E-state index is 13.4. The van der Waals surface area contributed by atoms with Gasteiger partial charge in [-0.25, -0.2) is 5.06 Å². The zero-order valence-electron chi connectivity index (χ0n) is 13.8. The number of fused-ring (bicyclic) bond motifs is 5. The predicted molar refractivity (Wildman–Crippen MR) is 97.7 cm³/mol. The van der Waals surface area contributed by atoms with Gasteiger partial charge < -0.3 is 0 Å². The van der Waals surface area contributed by atoms with Crippen LogP contribution in [0.5, 0.6) is 0 Å². The number of Topliss-reactive ketones (excluding diaryl/α,β-unsaturated/α-hetero) is 1. The van der Waals surface area contributed by atoms with Crippen LogP contribution in [-0.2, 0) is 4.84 Å². The van der Waals surface area contributed by atoms with Crippen LogP contribution in [-0.4, -0.2) is 23.3 Å². The molecule has 2 aromatic carbocycles. The SMILES string of the molecule is O=C(c1ccccc1)[C@@H]1[C@@H]2[C@H]3C[C@@H]([C@@H]2ON1c1ccccc1)[C@H](Cl)C3. The molecule has 0 aromatic heterocycles. The Balaban J connectivity index is 1.56. The molecule has 6 atom stereocenters. The van der Waals surface area contributed by atoms with Crippen molar-refractivity contribution in [2.75, 3.05) is 5.06 Å². The molecule has 0 radical (unpaired) electrons. The second kappa shape index (κ2) is 5.86. The van der Waals surface area contributed by atoms with Gasteiger partial charge in [-0.15, -0.1) is 11.6 Å². The van der Waals surface area contributed by atoms with Crippen LogP contribution in [0, 0.1) is 17.8 Å². The van der Waals surface area contributed by atoms with Crippen LogP contribution in [0.25, 0.3) is 0 Å². The van der Waals surface area contributed by atoms with Crippen LogP contribution < -0.4 is 5.06 Å². The summed E-state index contributed by atoms with van der Waals surface area (Å²) in [6.07, 6.45) is 2.14. The molecule has 1 heterocycles. The maximum absolute atomic E-state index is 13.4. The third-order valence-electron chi connectivity index (χ3n) is 6.10. The summed E-state index contributed by atoms with van der Waals surface area (Å²) in [7, 11) is 0. The number of hydroxylamine groups is 1. The van der Waals surface area contributed by atoms with E-state index in [4.69, 9.17) is 16.4 Å². The van der Waals surface area contributed by atoms with Crippen molar-refractivity contribution in [1.29, 1.82) is 0 Å². The summed E-state index contributed by atoms with van der Waals surface area (Å²) < 4.78 is 0. The van der Waals surface area contributed by atoms with Crippen molar-refractivity contribution in [2.24, 2.45) is 17.8 Å². The second-order valence-electron chi connectivity index (χ2n) is 7.40. The van der Waals surface area contributed by atoms with E-state index in [1.54, 1.807) is 0 Å². The quantitative estimate of drug-likeness (QED) is 0.608. The number of alkyl halides is 1. The van der Waals surface area contributed by atoms with Gasteiger partial charge in [0, 0.05) is 22.8 Å². The fourth-order valence-electron chi connectivity index (χ4n) is 5.06. The summed E-state index contributed by atoms with van der Waals surface area (Å²) in [5, 5.41) is 2.04. The lowest BCUT2D eigenvalue weighted by Gasteiger charge is -2.28. The molecule has 1 saturated heterocycles. The lowest BCUT2D eigenvalue weighted by Crippen LogP contribution is -2.42. The highest BCUT2D eigenvalue weighted by Crippen LogP contribution is 2.57. The monoisotopic (exact) mass is 353 g/mol. The Hall–Kier alpha value is -1.84. The maximum Gasteiger partial charge on any atom is 0.188 e. The largest absolute Gasteiger partial charge is 0.292 e. The van der Waals surface area contributed by atoms with Gasteiger partial charge in [-0.2, -0.15) is 0 Å². The van der Waals surface area contributed by atoms with Crippen molar-refractivity contribution in [3.8, 4) is 0 Å². The Morgan fingerprint density at radius 2 is 1.68 bits per heavy atom. The van der Waals surface area contributed by atoms with E-state index in [1.807, 2.05) is 65.7 Å². The van der Waals surface area contributed by atoms with Crippen molar-refractivity contribution in [2.45, 2.75) is 30.4 Å². The van der Waals surface area contributed by atoms with Gasteiger partial charge >= 0.3 is 0 Å². The van der Waals surface area contributed by atoms with E-state index < -0.39 is 0 Å². The average molecular weight is 354 g/mol. The standard InChI is InChI=1S/C21H20ClNO2/c22-17-12-14-11-16(17)21-18(14)19(20(24)13-7-3-1-4-8-13)23(25-21)15-9-5-2-6-10-15/h1-10,14,16-19,21H,11-12H2/t14-,16+,17+,18-,19-,21-/m0/s1. The van der Waals surface area contributed by atoms with E-state index in [2.05, 4.69) is 0 Å². The average Bonchev–Trinajstić information content (AvgIpc) is 3.32. The van der Waals surface area contributed by atoms with Crippen molar-refractivity contribution < 1.29 is 9.63 Å². The highest BCUT2D eigenvalue weighted by molar-refractivity contribution is 6.21. The van der Waals surface area contributed by atoms with Gasteiger partial charge in [0.1, 0.15) is 6.04 Å². The minimum Gasteiger partial charge on any atom is -0.292 e. The number of anilines is 1. The van der Waals surface area contributed by atoms with E-state index in [9.17, 15) is 4.79 Å². The molecule has 25 heavy (non-hydrogen) atoms. The van der Waals surface area contributed by atoms with Gasteiger partial charge in [-0.05, 0) is 30.9 Å². The molecule has 2 saturated carbocycles. The molecule has 0 spiro atoms. The highest BCUT2D eigenvalue weighted by Gasteiger charge is 2.62. The van der Waals surface area contributed by atoms with E-state index >= 15 is 0 Å². The van der Waals surface area contributed by atoms with Crippen molar-refractivity contribution in [3.05, 3.63) is 66.2 Å². The molecule has 1 aliphatic heterocycles. The number of halogens is 1. The fraction of sp³-hybridized carbons (Fsp3) is 0.381. The Kier molecular flexibility index (Phi) is 3.61. The Labute approximate surface area is 152 Å². The third-order valence-corrected chi connectivity index (χ3v) is 6.61. The van der Waals surface area contributed by atoms with Gasteiger partial charge in [-0.3, -0.25) is 9.63 Å². The van der Waals surface area contributed by atoms with Gasteiger partial charge in [-0.1, -0.05) is 48.5 Å². The molecule has 2 aliphatic carbocycles. The van der Waals surface area contributed by atoms with Crippen molar-refractivity contribution >= 4 is 23.1 Å². The van der Waals surface area contributed by atoms with E-state index in [-0.39, 0.29) is 29.2 Å². The minimum atomic E-state index is -0.269. The van der Waals surface area contributed by atoms with Crippen molar-refractivity contribution in [1.82, 2.24) is 0 Å². The van der Waals surface area contributed by atoms with Gasteiger partial charge in [0.2, 0.25) is 0 Å². The number of ketones is 1. The number of hydrogen-bond donors (Lipinski definition) is 0. The van der Waals surface area contributed by atoms with Gasteiger partial charge in [0.15, 0.2) is 5.78 Å². The molecule has 3 fully saturated rings. The van der Waals surface area contributed by atoms with Gasteiger partial charge in [0.25, 0.3) is 0 Å². The Bertz CT molecular complexity index is 781. The van der Waals surface area contributed by atoms with Crippen molar-refractivity contribution in [3.63, 3.8) is 0 Å². The van der Waals surface area contributed by atoms with Gasteiger partial charge in [0.05, 0.1) is 11.8 Å². The molecule has 2 bridgehead atoms. The zero-order chi connectivity index (χ0) is 17.0. The number of nitrogens with zero attached hydrogens (tertiary/aromatic N) is 1. The minimum absolute atomic E-state index is 0.0547. The molecule has 0 N–H and O–H groups in total. The number of hydrogen-bond acceptors (Lipinski definition) is 3. The second-order valence-corrected chi connectivity index (χ2v) is 7.96. The van der Waals surface area contributed by atoms with Crippen LogP contribution in [0.1, 0.15) is 23.2 Å². The van der Waals surface area contributed by atoms with Crippen LogP contribution in [0.3, 0.4) is 0 Å². The summed E-state index contributed by atoms with van der Waals surface area (Å²) in [6.45, 7) is 0. The molecule has 128 valence electrons. The summed E-state index contributed by atoms with van der Waals surface area (Å²) in [5.74, 6) is 1.21. The first-order chi connectivity index (χ1) is 12.2. The molecule has 0 unspecified atom stereocenters. The third kappa shape index (κ3) is 2.33. The normalized spacial score (nSPS) is 35.8. The summed E-state index contributed by atoms with van der Waals surface area (Å²) in [6, 6.07) is 19.3. The molecule has 3 nitrogen and oxygen atoms in total. The predicted octanol–water partition coefficient (Wildman–Crippen LogP) is 4.32. The first-order valence-electron chi connectivity index (χ1n) is 8.98. The molecule has 2 aromatic rings. The molecule has 5 rings (SSSR count). The lowest BCUT2D eigenvalue weighted by molar-refractivity contribution is 0.0371. The van der Waals surface area contributed by atoms with Crippen LogP contribution in [0.4, 0.5) is 5.69 Å². The topological polar surface area (TPSA) is 29.5 Å². The highest BCUT2D eigenvalue weighted by atomic mass is 35.5. The number of carbonyl (C=O) groups is 1. The van der Waals surface area contributed by atoms with Crippen LogP contribution in [0.2, 0.25) is 0 Å². The van der Waals surface area contributed by atoms with E-state index in [1.165, 1.54) is 0 Å². The molecule has 3 aliphatic rings. The summed E-state index contributed by atoms with van der Waals surface area (Å²) in [4.78, 5) is 19.7. The van der Waals surface area contributed by atoms with E-state index in [0.29, 0.717) is 11.8 Å². The smallest absolute Gasteiger partial charge is 0.188 e. The van der Waals surface area contributed by atoms with Crippen LogP contribution in [0.15, 0.2) is 60.7 Å². The molecular formula is C21H20ClNO2. The Morgan fingerprint density at radius 3 is 2.40 bits per heavy atom. The lowest BCUT2D eigenvalue weighted by atomic mass is 9.79. The zero-order valence-corrected chi connectivity index (χ0v) is 14.5. The number of carbonyl (C=O) groups excluding carboxylic acids is 1. The number of benzene rings is 2.